The van der Waals surface area contributed by atoms with Gasteiger partial charge in [0.25, 0.3) is 5.91 Å². The second-order valence-corrected chi connectivity index (χ2v) is 6.19. The van der Waals surface area contributed by atoms with E-state index in [1.807, 2.05) is 6.07 Å². The molecule has 1 saturated carbocycles. The lowest BCUT2D eigenvalue weighted by Gasteiger charge is -2.16. The van der Waals surface area contributed by atoms with Crippen molar-refractivity contribution < 1.29 is 9.59 Å². The zero-order valence-corrected chi connectivity index (χ0v) is 12.2. The van der Waals surface area contributed by atoms with Gasteiger partial charge in [-0.1, -0.05) is 13.0 Å². The Morgan fingerprint density at radius 1 is 1.38 bits per heavy atom. The quantitative estimate of drug-likeness (QED) is 0.883. The summed E-state index contributed by atoms with van der Waals surface area (Å²) in [6.45, 7) is 3.38. The van der Waals surface area contributed by atoms with E-state index in [9.17, 15) is 9.59 Å². The standard InChI is InChI=1S/C16H21N3O2/c1-10-7-14(10)15(20)18-13-4-2-3-11(8-13)16(21)19-6-5-12(17)9-19/h2-4,8,10,12,14H,5-7,9,17H2,1H3,(H,18,20)/t10?,12-,14?/m1/s1. The number of carbonyl (C=O) groups is 2. The molecule has 1 aliphatic carbocycles. The lowest BCUT2D eigenvalue weighted by Crippen LogP contribution is -2.31. The van der Waals surface area contributed by atoms with Gasteiger partial charge in [0.1, 0.15) is 0 Å². The van der Waals surface area contributed by atoms with Crippen molar-refractivity contribution in [1.82, 2.24) is 4.90 Å². The van der Waals surface area contributed by atoms with Crippen LogP contribution in [0, 0.1) is 11.8 Å². The maximum Gasteiger partial charge on any atom is 0.253 e. The Kier molecular flexibility index (Phi) is 3.68. The summed E-state index contributed by atoms with van der Waals surface area (Å²) in [5.41, 5.74) is 7.13. The minimum absolute atomic E-state index is 0.0150. The maximum absolute atomic E-state index is 12.4. The molecular formula is C16H21N3O2. The molecule has 0 bridgehead atoms. The van der Waals surface area contributed by atoms with E-state index in [0.29, 0.717) is 30.3 Å². The number of benzene rings is 1. The fraction of sp³-hybridized carbons (Fsp3) is 0.500. The molecule has 2 fully saturated rings. The van der Waals surface area contributed by atoms with Gasteiger partial charge in [-0.25, -0.2) is 0 Å². The van der Waals surface area contributed by atoms with E-state index in [4.69, 9.17) is 5.73 Å². The van der Waals surface area contributed by atoms with Gasteiger partial charge in [-0.3, -0.25) is 9.59 Å². The molecule has 1 aliphatic heterocycles. The molecule has 3 atom stereocenters. The first-order valence-electron chi connectivity index (χ1n) is 7.50. The van der Waals surface area contributed by atoms with Crippen LogP contribution in [-0.2, 0) is 4.79 Å². The molecule has 5 nitrogen and oxygen atoms in total. The van der Waals surface area contributed by atoms with Crippen LogP contribution in [0.25, 0.3) is 0 Å². The third-order valence-electron chi connectivity index (χ3n) is 4.34. The molecular weight excluding hydrogens is 266 g/mol. The molecule has 1 aromatic carbocycles. The van der Waals surface area contributed by atoms with Crippen molar-refractivity contribution in [1.29, 1.82) is 0 Å². The van der Waals surface area contributed by atoms with Crippen LogP contribution in [0.1, 0.15) is 30.1 Å². The fourth-order valence-corrected chi connectivity index (χ4v) is 2.81. The molecule has 1 aromatic rings. The highest BCUT2D eigenvalue weighted by Gasteiger charge is 2.39. The van der Waals surface area contributed by atoms with Crippen LogP contribution in [-0.4, -0.2) is 35.8 Å². The number of amides is 2. The minimum atomic E-state index is -0.0150. The highest BCUT2D eigenvalue weighted by Crippen LogP contribution is 2.38. The van der Waals surface area contributed by atoms with E-state index < -0.39 is 0 Å². The number of anilines is 1. The molecule has 0 radical (unpaired) electrons. The van der Waals surface area contributed by atoms with Crippen molar-refractivity contribution in [3.63, 3.8) is 0 Å². The van der Waals surface area contributed by atoms with Crippen LogP contribution in [0.4, 0.5) is 5.69 Å². The predicted molar refractivity (Wildman–Crippen MR) is 80.8 cm³/mol. The molecule has 0 aromatic heterocycles. The van der Waals surface area contributed by atoms with E-state index >= 15 is 0 Å². The summed E-state index contributed by atoms with van der Waals surface area (Å²) in [6, 6.07) is 7.22. The second-order valence-electron chi connectivity index (χ2n) is 6.19. The molecule has 2 unspecified atom stereocenters. The van der Waals surface area contributed by atoms with E-state index in [-0.39, 0.29) is 23.8 Å². The van der Waals surface area contributed by atoms with Gasteiger partial charge in [0, 0.05) is 36.3 Å². The van der Waals surface area contributed by atoms with Crippen molar-refractivity contribution >= 4 is 17.5 Å². The topological polar surface area (TPSA) is 75.4 Å². The lowest BCUT2D eigenvalue weighted by molar-refractivity contribution is -0.117. The van der Waals surface area contributed by atoms with Crippen LogP contribution < -0.4 is 11.1 Å². The molecule has 112 valence electrons. The number of hydrogen-bond donors (Lipinski definition) is 2. The summed E-state index contributed by atoms with van der Waals surface area (Å²) < 4.78 is 0. The van der Waals surface area contributed by atoms with Crippen LogP contribution in [0.5, 0.6) is 0 Å². The molecule has 1 heterocycles. The van der Waals surface area contributed by atoms with Crippen molar-refractivity contribution in [3.05, 3.63) is 29.8 Å². The molecule has 21 heavy (non-hydrogen) atoms. The molecule has 3 N–H and O–H groups in total. The highest BCUT2D eigenvalue weighted by molar-refractivity contribution is 5.98. The third-order valence-corrected chi connectivity index (χ3v) is 4.34. The molecule has 3 rings (SSSR count). The summed E-state index contributed by atoms with van der Waals surface area (Å²) in [5, 5.41) is 2.89. The van der Waals surface area contributed by atoms with Gasteiger partial charge in [-0.2, -0.15) is 0 Å². The maximum atomic E-state index is 12.4. The van der Waals surface area contributed by atoms with E-state index in [1.165, 1.54) is 0 Å². The number of carbonyl (C=O) groups excluding carboxylic acids is 2. The Morgan fingerprint density at radius 2 is 2.14 bits per heavy atom. The Balaban J connectivity index is 1.68. The van der Waals surface area contributed by atoms with Gasteiger partial charge >= 0.3 is 0 Å². The Bertz CT molecular complexity index is 572. The predicted octanol–water partition coefficient (Wildman–Crippen LogP) is 1.45. The zero-order valence-electron chi connectivity index (χ0n) is 12.2. The van der Waals surface area contributed by atoms with Crippen LogP contribution >= 0.6 is 0 Å². The molecule has 2 aliphatic rings. The third kappa shape index (κ3) is 3.08. The van der Waals surface area contributed by atoms with Crippen LogP contribution in [0.3, 0.4) is 0 Å². The van der Waals surface area contributed by atoms with Crippen LogP contribution in [0.15, 0.2) is 24.3 Å². The number of rotatable bonds is 3. The summed E-state index contributed by atoms with van der Waals surface area (Å²) in [7, 11) is 0. The number of hydrogen-bond acceptors (Lipinski definition) is 3. The largest absolute Gasteiger partial charge is 0.337 e. The Morgan fingerprint density at radius 3 is 2.76 bits per heavy atom. The van der Waals surface area contributed by atoms with Crippen molar-refractivity contribution in [2.24, 2.45) is 17.6 Å². The monoisotopic (exact) mass is 287 g/mol. The van der Waals surface area contributed by atoms with Crippen molar-refractivity contribution in [2.45, 2.75) is 25.8 Å². The van der Waals surface area contributed by atoms with Gasteiger partial charge in [-0.05, 0) is 37.0 Å². The van der Waals surface area contributed by atoms with Crippen molar-refractivity contribution in [2.75, 3.05) is 18.4 Å². The lowest BCUT2D eigenvalue weighted by atomic mass is 10.1. The van der Waals surface area contributed by atoms with E-state index in [0.717, 1.165) is 12.8 Å². The first-order chi connectivity index (χ1) is 10.0. The van der Waals surface area contributed by atoms with Gasteiger partial charge in [0.05, 0.1) is 0 Å². The summed E-state index contributed by atoms with van der Waals surface area (Å²) >= 11 is 0. The first kappa shape index (κ1) is 14.1. The number of nitrogens with two attached hydrogens (primary N) is 1. The summed E-state index contributed by atoms with van der Waals surface area (Å²) in [4.78, 5) is 26.1. The average Bonchev–Trinajstić information content (AvgIpc) is 3.04. The van der Waals surface area contributed by atoms with Gasteiger partial charge in [0.2, 0.25) is 5.91 Å². The SMILES string of the molecule is CC1CC1C(=O)Nc1cccc(C(=O)N2CC[C@@H](N)C2)c1. The number of nitrogens with zero attached hydrogens (tertiary/aromatic N) is 1. The summed E-state index contributed by atoms with van der Waals surface area (Å²) in [6.07, 6.45) is 1.80. The minimum Gasteiger partial charge on any atom is -0.337 e. The smallest absolute Gasteiger partial charge is 0.253 e. The fourth-order valence-electron chi connectivity index (χ4n) is 2.81. The molecule has 2 amide bonds. The highest BCUT2D eigenvalue weighted by atomic mass is 16.2. The van der Waals surface area contributed by atoms with Gasteiger partial charge < -0.3 is 16.0 Å². The molecule has 1 saturated heterocycles. The van der Waals surface area contributed by atoms with E-state index in [2.05, 4.69) is 12.2 Å². The Labute approximate surface area is 124 Å². The second kappa shape index (κ2) is 5.48. The zero-order chi connectivity index (χ0) is 15.0. The first-order valence-corrected chi connectivity index (χ1v) is 7.50. The Hall–Kier alpha value is -1.88. The van der Waals surface area contributed by atoms with Gasteiger partial charge in [-0.15, -0.1) is 0 Å². The molecule has 0 spiro atoms. The van der Waals surface area contributed by atoms with E-state index in [1.54, 1.807) is 23.1 Å². The van der Waals surface area contributed by atoms with Crippen LogP contribution in [0.2, 0.25) is 0 Å². The number of nitrogens with one attached hydrogen (secondary N) is 1. The molecule has 5 heteroatoms. The normalized spacial score (nSPS) is 27.5. The van der Waals surface area contributed by atoms with Gasteiger partial charge in [0.15, 0.2) is 0 Å². The summed E-state index contributed by atoms with van der Waals surface area (Å²) in [5.74, 6) is 0.635. The average molecular weight is 287 g/mol. The number of likely N-dealkylation sites (tertiary alicyclic amines) is 1. The van der Waals surface area contributed by atoms with Crippen molar-refractivity contribution in [3.8, 4) is 0 Å².